The van der Waals surface area contributed by atoms with Crippen molar-refractivity contribution in [3.05, 3.63) is 35.1 Å². The van der Waals surface area contributed by atoms with Crippen molar-refractivity contribution in [2.75, 3.05) is 26.2 Å². The lowest BCUT2D eigenvalue weighted by Gasteiger charge is -2.39. The standard InChI is InChI=1S/C16H25FN2/c1-4-12(2)16(19-9-7-18-8-10-19)15-11-14(17)6-5-13(15)3/h5-6,11-12,16,18H,4,7-10H2,1-3H3/t12?,16-/m0/s1. The zero-order valence-electron chi connectivity index (χ0n) is 12.2. The monoisotopic (exact) mass is 264 g/mol. The molecule has 19 heavy (non-hydrogen) atoms. The predicted molar refractivity (Wildman–Crippen MR) is 77.8 cm³/mol. The number of rotatable bonds is 4. The van der Waals surface area contributed by atoms with Crippen LogP contribution in [-0.2, 0) is 0 Å². The molecule has 1 aromatic rings. The first-order chi connectivity index (χ1) is 9.13. The quantitative estimate of drug-likeness (QED) is 0.899. The van der Waals surface area contributed by atoms with Gasteiger partial charge in [0.25, 0.3) is 0 Å². The van der Waals surface area contributed by atoms with E-state index < -0.39 is 0 Å². The summed E-state index contributed by atoms with van der Waals surface area (Å²) in [7, 11) is 0. The lowest BCUT2D eigenvalue weighted by Crippen LogP contribution is -2.46. The van der Waals surface area contributed by atoms with Gasteiger partial charge in [-0.25, -0.2) is 4.39 Å². The summed E-state index contributed by atoms with van der Waals surface area (Å²) in [6.45, 7) is 10.7. The SMILES string of the molecule is CCC(C)[C@@H](c1cc(F)ccc1C)N1CCNCC1. The Morgan fingerprint density at radius 2 is 2.00 bits per heavy atom. The second-order valence-electron chi connectivity index (χ2n) is 5.62. The summed E-state index contributed by atoms with van der Waals surface area (Å²) in [5.74, 6) is 0.419. The number of benzene rings is 1. The third-order valence-corrected chi connectivity index (χ3v) is 4.29. The molecule has 1 unspecified atom stereocenters. The van der Waals surface area contributed by atoms with Crippen molar-refractivity contribution in [1.82, 2.24) is 10.2 Å². The number of piperazine rings is 1. The first kappa shape index (κ1) is 14.5. The van der Waals surface area contributed by atoms with Crippen LogP contribution in [0, 0.1) is 18.7 Å². The molecule has 0 saturated carbocycles. The van der Waals surface area contributed by atoms with Gasteiger partial charge in [-0.3, -0.25) is 4.90 Å². The van der Waals surface area contributed by atoms with Gasteiger partial charge in [-0.1, -0.05) is 26.3 Å². The van der Waals surface area contributed by atoms with Crippen molar-refractivity contribution in [2.24, 2.45) is 5.92 Å². The van der Waals surface area contributed by atoms with E-state index >= 15 is 0 Å². The smallest absolute Gasteiger partial charge is 0.123 e. The summed E-state index contributed by atoms with van der Waals surface area (Å²) >= 11 is 0. The second-order valence-corrected chi connectivity index (χ2v) is 5.62. The van der Waals surface area contributed by atoms with Crippen molar-refractivity contribution in [3.63, 3.8) is 0 Å². The maximum atomic E-state index is 13.6. The van der Waals surface area contributed by atoms with Gasteiger partial charge in [-0.05, 0) is 36.1 Å². The number of hydrogen-bond acceptors (Lipinski definition) is 2. The van der Waals surface area contributed by atoms with Gasteiger partial charge in [0.1, 0.15) is 5.82 Å². The van der Waals surface area contributed by atoms with Gasteiger partial charge in [0, 0.05) is 32.2 Å². The summed E-state index contributed by atoms with van der Waals surface area (Å²) in [5, 5.41) is 3.39. The minimum absolute atomic E-state index is 0.121. The Hall–Kier alpha value is -0.930. The Morgan fingerprint density at radius 3 is 2.63 bits per heavy atom. The Kier molecular flexibility index (Phi) is 4.94. The molecular weight excluding hydrogens is 239 g/mol. The fourth-order valence-electron chi connectivity index (χ4n) is 2.98. The maximum absolute atomic E-state index is 13.6. The van der Waals surface area contributed by atoms with Gasteiger partial charge in [0.2, 0.25) is 0 Å². The molecule has 2 rings (SSSR count). The van der Waals surface area contributed by atoms with Crippen LogP contribution in [0.25, 0.3) is 0 Å². The predicted octanol–water partition coefficient (Wildman–Crippen LogP) is 3.13. The number of nitrogens with zero attached hydrogens (tertiary/aromatic N) is 1. The fourth-order valence-corrected chi connectivity index (χ4v) is 2.98. The summed E-state index contributed by atoms with van der Waals surface area (Å²) in [6.07, 6.45) is 1.12. The molecule has 2 atom stereocenters. The molecule has 1 saturated heterocycles. The zero-order valence-corrected chi connectivity index (χ0v) is 12.2. The Bertz CT molecular complexity index is 413. The molecule has 106 valence electrons. The molecule has 1 aliphatic heterocycles. The molecule has 1 aliphatic rings. The molecule has 0 amide bonds. The van der Waals surface area contributed by atoms with Gasteiger partial charge in [-0.2, -0.15) is 0 Å². The molecule has 1 heterocycles. The van der Waals surface area contributed by atoms with E-state index in [0.29, 0.717) is 12.0 Å². The zero-order chi connectivity index (χ0) is 13.8. The first-order valence-electron chi connectivity index (χ1n) is 7.34. The van der Waals surface area contributed by atoms with Crippen molar-refractivity contribution in [1.29, 1.82) is 0 Å². The van der Waals surface area contributed by atoms with Crippen molar-refractivity contribution in [3.8, 4) is 0 Å². The van der Waals surface area contributed by atoms with E-state index in [0.717, 1.165) is 38.2 Å². The molecule has 0 bridgehead atoms. The van der Waals surface area contributed by atoms with Crippen LogP contribution in [0.15, 0.2) is 18.2 Å². The van der Waals surface area contributed by atoms with Crippen molar-refractivity contribution < 1.29 is 4.39 Å². The Morgan fingerprint density at radius 1 is 1.32 bits per heavy atom. The van der Waals surface area contributed by atoms with Crippen LogP contribution in [0.3, 0.4) is 0 Å². The molecule has 0 aromatic heterocycles. The first-order valence-corrected chi connectivity index (χ1v) is 7.34. The van der Waals surface area contributed by atoms with Crippen LogP contribution in [0.2, 0.25) is 0 Å². The van der Waals surface area contributed by atoms with Crippen LogP contribution in [-0.4, -0.2) is 31.1 Å². The average molecular weight is 264 g/mol. The highest BCUT2D eigenvalue weighted by Gasteiger charge is 2.27. The highest BCUT2D eigenvalue weighted by atomic mass is 19.1. The van der Waals surface area contributed by atoms with E-state index in [4.69, 9.17) is 0 Å². The van der Waals surface area contributed by atoms with Gasteiger partial charge >= 0.3 is 0 Å². The molecule has 1 aromatic carbocycles. The Balaban J connectivity index is 2.33. The van der Waals surface area contributed by atoms with Gasteiger partial charge in [0.15, 0.2) is 0 Å². The van der Waals surface area contributed by atoms with Crippen LogP contribution in [0.5, 0.6) is 0 Å². The van der Waals surface area contributed by atoms with E-state index in [1.807, 2.05) is 6.07 Å². The van der Waals surface area contributed by atoms with E-state index in [9.17, 15) is 4.39 Å². The average Bonchev–Trinajstić information content (AvgIpc) is 2.44. The third kappa shape index (κ3) is 3.34. The number of aryl methyl sites for hydroxylation is 1. The number of halogens is 1. The largest absolute Gasteiger partial charge is 0.314 e. The van der Waals surface area contributed by atoms with E-state index in [-0.39, 0.29) is 5.82 Å². The molecule has 0 aliphatic carbocycles. The lowest BCUT2D eigenvalue weighted by atomic mass is 9.88. The second kappa shape index (κ2) is 6.49. The fraction of sp³-hybridized carbons (Fsp3) is 0.625. The highest BCUT2D eigenvalue weighted by molar-refractivity contribution is 5.30. The molecule has 1 fully saturated rings. The molecule has 2 nitrogen and oxygen atoms in total. The van der Waals surface area contributed by atoms with Crippen LogP contribution in [0.4, 0.5) is 4.39 Å². The molecular formula is C16H25FN2. The molecule has 1 N–H and O–H groups in total. The van der Waals surface area contributed by atoms with Crippen LogP contribution < -0.4 is 5.32 Å². The number of nitrogens with one attached hydrogen (secondary N) is 1. The molecule has 0 spiro atoms. The minimum Gasteiger partial charge on any atom is -0.314 e. The van der Waals surface area contributed by atoms with E-state index in [2.05, 4.69) is 31.0 Å². The summed E-state index contributed by atoms with van der Waals surface area (Å²) in [4.78, 5) is 2.51. The van der Waals surface area contributed by atoms with Gasteiger partial charge < -0.3 is 5.32 Å². The molecule has 3 heteroatoms. The maximum Gasteiger partial charge on any atom is 0.123 e. The van der Waals surface area contributed by atoms with Gasteiger partial charge in [0.05, 0.1) is 0 Å². The van der Waals surface area contributed by atoms with Crippen molar-refractivity contribution >= 4 is 0 Å². The Labute approximate surface area is 116 Å². The van der Waals surface area contributed by atoms with Crippen LogP contribution in [0.1, 0.15) is 37.4 Å². The van der Waals surface area contributed by atoms with E-state index in [1.165, 1.54) is 5.56 Å². The van der Waals surface area contributed by atoms with Gasteiger partial charge in [-0.15, -0.1) is 0 Å². The summed E-state index contributed by atoms with van der Waals surface area (Å²) in [5.41, 5.74) is 2.36. The minimum atomic E-state index is -0.121. The normalized spacial score (nSPS) is 20.2. The van der Waals surface area contributed by atoms with Crippen molar-refractivity contribution in [2.45, 2.75) is 33.2 Å². The summed E-state index contributed by atoms with van der Waals surface area (Å²) < 4.78 is 13.6. The van der Waals surface area contributed by atoms with Crippen LogP contribution >= 0.6 is 0 Å². The molecule has 0 radical (unpaired) electrons. The lowest BCUT2D eigenvalue weighted by molar-refractivity contribution is 0.128. The highest BCUT2D eigenvalue weighted by Crippen LogP contribution is 2.33. The third-order valence-electron chi connectivity index (χ3n) is 4.29. The summed E-state index contributed by atoms with van der Waals surface area (Å²) in [6, 6.07) is 5.53. The van der Waals surface area contributed by atoms with E-state index in [1.54, 1.807) is 12.1 Å². The number of hydrogen-bond donors (Lipinski definition) is 1. The topological polar surface area (TPSA) is 15.3 Å².